The van der Waals surface area contributed by atoms with Gasteiger partial charge in [0.05, 0.1) is 7.11 Å². The van der Waals surface area contributed by atoms with Crippen molar-refractivity contribution in [3.63, 3.8) is 0 Å². The maximum Gasteiger partial charge on any atom is 0.239 e. The van der Waals surface area contributed by atoms with Gasteiger partial charge in [0.25, 0.3) is 0 Å². The molecule has 5 nitrogen and oxygen atoms in total. The Morgan fingerprint density at radius 3 is 2.60 bits per heavy atom. The van der Waals surface area contributed by atoms with Crippen LogP contribution in [0.5, 0.6) is 5.75 Å². The highest BCUT2D eigenvalue weighted by Gasteiger charge is 2.08. The van der Waals surface area contributed by atoms with Gasteiger partial charge in [-0.15, -0.1) is 0 Å². The van der Waals surface area contributed by atoms with E-state index in [0.717, 1.165) is 5.56 Å². The van der Waals surface area contributed by atoms with Crippen molar-refractivity contribution in [3.05, 3.63) is 23.5 Å². The molecule has 0 amide bonds. The molecule has 0 saturated heterocycles. The molecule has 0 aromatic carbocycles. The van der Waals surface area contributed by atoms with Crippen molar-refractivity contribution >= 4 is 11.8 Å². The Hall–Kier alpha value is -1.91. The summed E-state index contributed by atoms with van der Waals surface area (Å²) >= 11 is 0. The molecule has 0 radical (unpaired) electrons. The molecule has 1 aromatic heterocycles. The fraction of sp³-hybridized carbons (Fsp3) is 0.300. The molecule has 0 aliphatic carbocycles. The normalized spacial score (nSPS) is 9.53. The van der Waals surface area contributed by atoms with Gasteiger partial charge in [0, 0.05) is 24.8 Å². The van der Waals surface area contributed by atoms with Gasteiger partial charge in [-0.1, -0.05) is 0 Å². The predicted octanol–water partition coefficient (Wildman–Crippen LogP) is 1.74. The van der Waals surface area contributed by atoms with Crippen LogP contribution in [0.3, 0.4) is 0 Å². The van der Waals surface area contributed by atoms with E-state index in [9.17, 15) is 0 Å². The van der Waals surface area contributed by atoms with Crippen LogP contribution in [0.1, 0.15) is 18.2 Å². The molecule has 0 fully saturated rings. The lowest BCUT2D eigenvalue weighted by Crippen LogP contribution is -2.11. The molecule has 1 heterocycles. The molecule has 0 bridgehead atoms. The number of hydrogen-bond donors (Lipinski definition) is 2. The predicted molar refractivity (Wildman–Crippen MR) is 56.8 cm³/mol. The van der Waals surface area contributed by atoms with Crippen molar-refractivity contribution in [1.29, 1.82) is 10.8 Å². The second kappa shape index (κ2) is 4.54. The zero-order valence-electron chi connectivity index (χ0n) is 8.92. The van der Waals surface area contributed by atoms with E-state index in [-0.39, 0.29) is 11.8 Å². The Morgan fingerprint density at radius 1 is 1.40 bits per heavy atom. The fourth-order valence-corrected chi connectivity index (χ4v) is 1.05. The molecular weight excluding hydrogens is 194 g/mol. The highest BCUT2D eigenvalue weighted by molar-refractivity contribution is 5.97. The summed E-state index contributed by atoms with van der Waals surface area (Å²) in [4.78, 5) is 4.01. The monoisotopic (exact) mass is 207 g/mol. The minimum atomic E-state index is -0.152. The number of aryl methyl sites for hydroxylation is 1. The highest BCUT2D eigenvalue weighted by atomic mass is 16.5. The molecular formula is C10H13N3O2. The smallest absolute Gasteiger partial charge is 0.239 e. The molecule has 0 unspecified atom stereocenters. The molecule has 0 aliphatic heterocycles. The zero-order chi connectivity index (χ0) is 11.4. The first-order valence-electron chi connectivity index (χ1n) is 4.37. The SMILES string of the molecule is COc1cc(C(=N)OC(C)=N)ncc1C. The number of nitrogens with zero attached hydrogens (tertiary/aromatic N) is 1. The molecule has 1 rings (SSSR count). The van der Waals surface area contributed by atoms with Crippen LogP contribution in [0.25, 0.3) is 0 Å². The fourth-order valence-electron chi connectivity index (χ4n) is 1.05. The van der Waals surface area contributed by atoms with Gasteiger partial charge >= 0.3 is 0 Å². The topological polar surface area (TPSA) is 79.0 Å². The largest absolute Gasteiger partial charge is 0.496 e. The van der Waals surface area contributed by atoms with E-state index in [2.05, 4.69) is 4.98 Å². The summed E-state index contributed by atoms with van der Waals surface area (Å²) in [5.74, 6) is 0.457. The van der Waals surface area contributed by atoms with Crippen molar-refractivity contribution in [1.82, 2.24) is 4.98 Å². The Bertz CT molecular complexity index is 402. The Labute approximate surface area is 88.1 Å². The molecule has 15 heavy (non-hydrogen) atoms. The number of nitrogens with one attached hydrogen (secondary N) is 2. The average molecular weight is 207 g/mol. The molecule has 5 heteroatoms. The number of ether oxygens (including phenoxy) is 2. The third-order valence-corrected chi connectivity index (χ3v) is 1.76. The van der Waals surface area contributed by atoms with E-state index < -0.39 is 0 Å². The number of rotatable bonds is 2. The lowest BCUT2D eigenvalue weighted by Gasteiger charge is -2.07. The van der Waals surface area contributed by atoms with Gasteiger partial charge in [-0.2, -0.15) is 0 Å². The highest BCUT2D eigenvalue weighted by Crippen LogP contribution is 2.17. The van der Waals surface area contributed by atoms with Gasteiger partial charge in [0.15, 0.2) is 5.90 Å². The summed E-state index contributed by atoms with van der Waals surface area (Å²) in [6.45, 7) is 3.32. The minimum Gasteiger partial charge on any atom is -0.496 e. The molecule has 80 valence electrons. The molecule has 1 aromatic rings. The maximum atomic E-state index is 7.52. The van der Waals surface area contributed by atoms with Crippen molar-refractivity contribution in [3.8, 4) is 5.75 Å². The van der Waals surface area contributed by atoms with E-state index in [0.29, 0.717) is 11.4 Å². The lowest BCUT2D eigenvalue weighted by molar-refractivity contribution is 0.410. The summed E-state index contributed by atoms with van der Waals surface area (Å²) in [6, 6.07) is 1.61. The minimum absolute atomic E-state index is 0.0404. The number of hydrogen-bond acceptors (Lipinski definition) is 5. The van der Waals surface area contributed by atoms with Crippen LogP contribution in [-0.4, -0.2) is 23.9 Å². The molecule has 0 atom stereocenters. The van der Waals surface area contributed by atoms with Gasteiger partial charge in [-0.3, -0.25) is 15.8 Å². The second-order valence-corrected chi connectivity index (χ2v) is 3.03. The first-order chi connectivity index (χ1) is 7.04. The van der Waals surface area contributed by atoms with Gasteiger partial charge in [-0.05, 0) is 6.92 Å². The molecule has 0 aliphatic rings. The van der Waals surface area contributed by atoms with Gasteiger partial charge in [0.1, 0.15) is 11.4 Å². The van der Waals surface area contributed by atoms with E-state index in [1.807, 2.05) is 6.92 Å². The van der Waals surface area contributed by atoms with Crippen LogP contribution in [-0.2, 0) is 4.74 Å². The third-order valence-electron chi connectivity index (χ3n) is 1.76. The number of pyridine rings is 1. The molecule has 0 saturated carbocycles. The van der Waals surface area contributed by atoms with E-state index in [1.54, 1.807) is 19.4 Å². The first-order valence-corrected chi connectivity index (χ1v) is 4.37. The lowest BCUT2D eigenvalue weighted by atomic mass is 10.2. The summed E-state index contributed by atoms with van der Waals surface area (Å²) < 4.78 is 9.92. The second-order valence-electron chi connectivity index (χ2n) is 3.03. The zero-order valence-corrected chi connectivity index (χ0v) is 8.92. The van der Waals surface area contributed by atoms with Crippen LogP contribution >= 0.6 is 0 Å². The van der Waals surface area contributed by atoms with Crippen LogP contribution in [0.2, 0.25) is 0 Å². The first kappa shape index (κ1) is 11.2. The van der Waals surface area contributed by atoms with Crippen molar-refractivity contribution in [2.75, 3.05) is 7.11 Å². The molecule has 2 N–H and O–H groups in total. The van der Waals surface area contributed by atoms with Crippen LogP contribution in [0.15, 0.2) is 12.3 Å². The van der Waals surface area contributed by atoms with Gasteiger partial charge in [-0.25, -0.2) is 0 Å². The summed E-state index contributed by atoms with van der Waals surface area (Å²) in [5.41, 5.74) is 1.24. The number of aromatic nitrogens is 1. The summed E-state index contributed by atoms with van der Waals surface area (Å²) in [7, 11) is 1.55. The standard InChI is InChI=1S/C10H13N3O2/c1-6-5-13-8(4-9(6)14-3)10(12)15-7(2)11/h4-5,11-12H,1-3H3. The van der Waals surface area contributed by atoms with Crippen molar-refractivity contribution in [2.45, 2.75) is 13.8 Å². The van der Waals surface area contributed by atoms with Crippen molar-refractivity contribution < 1.29 is 9.47 Å². The Balaban J connectivity index is 2.95. The summed E-state index contributed by atoms with van der Waals surface area (Å²) in [5, 5.41) is 14.6. The number of methoxy groups -OCH3 is 1. The Morgan fingerprint density at radius 2 is 2.07 bits per heavy atom. The van der Waals surface area contributed by atoms with E-state index in [4.69, 9.17) is 20.3 Å². The van der Waals surface area contributed by atoms with Crippen molar-refractivity contribution in [2.24, 2.45) is 0 Å². The van der Waals surface area contributed by atoms with Crippen LogP contribution in [0.4, 0.5) is 0 Å². The Kier molecular flexibility index (Phi) is 3.38. The van der Waals surface area contributed by atoms with Crippen LogP contribution in [0, 0.1) is 17.7 Å². The van der Waals surface area contributed by atoms with Crippen LogP contribution < -0.4 is 4.74 Å². The van der Waals surface area contributed by atoms with Gasteiger partial charge in [0.2, 0.25) is 5.90 Å². The van der Waals surface area contributed by atoms with E-state index >= 15 is 0 Å². The average Bonchev–Trinajstić information content (AvgIpc) is 2.17. The summed E-state index contributed by atoms with van der Waals surface area (Å²) in [6.07, 6.45) is 1.60. The third kappa shape index (κ3) is 2.77. The quantitative estimate of drug-likeness (QED) is 0.572. The molecule has 0 spiro atoms. The van der Waals surface area contributed by atoms with Gasteiger partial charge < -0.3 is 9.47 Å². The van der Waals surface area contributed by atoms with E-state index in [1.165, 1.54) is 6.92 Å². The maximum absolute atomic E-state index is 7.52.